The molecule has 0 saturated heterocycles. The lowest BCUT2D eigenvalue weighted by Crippen LogP contribution is -2.28. The second kappa shape index (κ2) is 6.52. The van der Waals surface area contributed by atoms with Gasteiger partial charge in [-0.05, 0) is 43.2 Å². The van der Waals surface area contributed by atoms with Gasteiger partial charge in [-0.3, -0.25) is 9.89 Å². The monoisotopic (exact) mass is 309 g/mol. The van der Waals surface area contributed by atoms with Crippen molar-refractivity contribution in [1.82, 2.24) is 15.5 Å². The summed E-state index contributed by atoms with van der Waals surface area (Å²) in [5.41, 5.74) is 3.58. The van der Waals surface area contributed by atoms with Crippen molar-refractivity contribution in [3.8, 4) is 5.75 Å². The summed E-state index contributed by atoms with van der Waals surface area (Å²) in [6.07, 6.45) is 0. The first-order chi connectivity index (χ1) is 11.1. The number of H-pyrrole nitrogens is 1. The molecule has 0 spiro atoms. The number of hydrogen-bond donors (Lipinski definition) is 2. The average Bonchev–Trinajstić information content (AvgIpc) is 2.94. The number of aromatic amines is 1. The van der Waals surface area contributed by atoms with Crippen LogP contribution in [0.2, 0.25) is 0 Å². The van der Waals surface area contributed by atoms with Crippen LogP contribution in [0.3, 0.4) is 0 Å². The predicted octanol–water partition coefficient (Wildman–Crippen LogP) is 2.99. The topological polar surface area (TPSA) is 67.0 Å². The highest BCUT2D eigenvalue weighted by molar-refractivity contribution is 6.04. The Morgan fingerprint density at radius 2 is 1.91 bits per heavy atom. The Bertz CT molecular complexity index is 819. The maximum atomic E-state index is 12.2. The van der Waals surface area contributed by atoms with Gasteiger partial charge < -0.3 is 10.1 Å². The van der Waals surface area contributed by atoms with E-state index in [0.717, 1.165) is 27.8 Å². The molecule has 0 bridgehead atoms. The number of aryl methyl sites for hydroxylation is 2. The lowest BCUT2D eigenvalue weighted by molar-refractivity contribution is 0.0943. The van der Waals surface area contributed by atoms with Crippen LogP contribution in [0.15, 0.2) is 42.5 Å². The molecule has 0 aliphatic carbocycles. The van der Waals surface area contributed by atoms with E-state index < -0.39 is 0 Å². The molecule has 1 heterocycles. The van der Waals surface area contributed by atoms with Gasteiger partial charge in [0.15, 0.2) is 5.69 Å². The number of hydrogen-bond acceptors (Lipinski definition) is 3. The molecule has 0 saturated carbocycles. The van der Waals surface area contributed by atoms with Crippen LogP contribution >= 0.6 is 0 Å². The molecule has 0 atom stereocenters. The smallest absolute Gasteiger partial charge is 0.272 e. The lowest BCUT2D eigenvalue weighted by atomic mass is 10.1. The Morgan fingerprint density at radius 1 is 1.17 bits per heavy atom. The maximum Gasteiger partial charge on any atom is 0.272 e. The van der Waals surface area contributed by atoms with Gasteiger partial charge in [-0.15, -0.1) is 0 Å². The van der Waals surface area contributed by atoms with Crippen molar-refractivity contribution in [2.24, 2.45) is 0 Å². The number of amides is 1. The average molecular weight is 309 g/mol. The highest BCUT2D eigenvalue weighted by atomic mass is 16.5. The van der Waals surface area contributed by atoms with Crippen LogP contribution < -0.4 is 10.1 Å². The van der Waals surface area contributed by atoms with Crippen molar-refractivity contribution < 1.29 is 9.53 Å². The molecule has 1 amide bonds. The molecule has 3 aromatic rings. The second-order valence-corrected chi connectivity index (χ2v) is 5.55. The number of carbonyl (C=O) groups excluding carboxylic acids is 1. The van der Waals surface area contributed by atoms with Crippen molar-refractivity contribution >= 4 is 16.8 Å². The minimum Gasteiger partial charge on any atom is -0.492 e. The zero-order valence-electron chi connectivity index (χ0n) is 13.2. The molecule has 118 valence electrons. The van der Waals surface area contributed by atoms with E-state index in [1.165, 1.54) is 0 Å². The molecule has 0 unspecified atom stereocenters. The molecular formula is C18H19N3O2. The van der Waals surface area contributed by atoms with Crippen LogP contribution in [0.5, 0.6) is 5.75 Å². The number of para-hydroxylation sites is 1. The molecule has 3 rings (SSSR count). The Kier molecular flexibility index (Phi) is 4.28. The highest BCUT2D eigenvalue weighted by Crippen LogP contribution is 2.16. The molecule has 0 aliphatic heterocycles. The third kappa shape index (κ3) is 3.51. The quantitative estimate of drug-likeness (QED) is 0.712. The number of aromatic nitrogens is 2. The first-order valence-corrected chi connectivity index (χ1v) is 7.56. The lowest BCUT2D eigenvalue weighted by Gasteiger charge is -2.09. The Balaban J connectivity index is 1.55. The minimum atomic E-state index is -0.202. The molecule has 23 heavy (non-hydrogen) atoms. The van der Waals surface area contributed by atoms with E-state index in [1.54, 1.807) is 0 Å². The van der Waals surface area contributed by atoms with Crippen molar-refractivity contribution in [2.75, 3.05) is 13.2 Å². The Hall–Kier alpha value is -2.82. The molecule has 0 radical (unpaired) electrons. The van der Waals surface area contributed by atoms with E-state index in [1.807, 2.05) is 50.2 Å². The molecule has 5 heteroatoms. The highest BCUT2D eigenvalue weighted by Gasteiger charge is 2.12. The van der Waals surface area contributed by atoms with Gasteiger partial charge in [-0.25, -0.2) is 0 Å². The zero-order chi connectivity index (χ0) is 16.2. The van der Waals surface area contributed by atoms with Gasteiger partial charge in [0.2, 0.25) is 0 Å². The molecule has 2 aromatic carbocycles. The van der Waals surface area contributed by atoms with E-state index >= 15 is 0 Å². The Labute approximate surface area is 134 Å². The van der Waals surface area contributed by atoms with E-state index in [-0.39, 0.29) is 5.91 Å². The number of carbonyl (C=O) groups is 1. The van der Waals surface area contributed by atoms with E-state index in [9.17, 15) is 4.79 Å². The standard InChI is InChI=1S/C18H19N3O2/c1-12-9-13(2)11-14(10-12)23-8-7-19-18(22)17-15-5-3-4-6-16(15)20-21-17/h3-6,9-11H,7-8H2,1-2H3,(H,19,22)(H,20,21). The Morgan fingerprint density at radius 3 is 2.70 bits per heavy atom. The van der Waals surface area contributed by atoms with Crippen LogP contribution in [-0.4, -0.2) is 29.3 Å². The molecule has 0 aliphatic rings. The van der Waals surface area contributed by atoms with Crippen molar-refractivity contribution in [3.05, 3.63) is 59.3 Å². The third-order valence-corrected chi connectivity index (χ3v) is 3.54. The van der Waals surface area contributed by atoms with Gasteiger partial charge in [-0.1, -0.05) is 24.3 Å². The number of nitrogens with zero attached hydrogens (tertiary/aromatic N) is 1. The SMILES string of the molecule is Cc1cc(C)cc(OCCNC(=O)c2n[nH]c3ccccc23)c1. The third-order valence-electron chi connectivity index (χ3n) is 3.54. The summed E-state index contributed by atoms with van der Waals surface area (Å²) in [7, 11) is 0. The van der Waals surface area contributed by atoms with Gasteiger partial charge in [-0.2, -0.15) is 5.10 Å². The van der Waals surface area contributed by atoms with Gasteiger partial charge in [0.1, 0.15) is 12.4 Å². The summed E-state index contributed by atoms with van der Waals surface area (Å²) in [6, 6.07) is 13.6. The summed E-state index contributed by atoms with van der Waals surface area (Å²) < 4.78 is 5.68. The zero-order valence-corrected chi connectivity index (χ0v) is 13.2. The van der Waals surface area contributed by atoms with Crippen molar-refractivity contribution in [2.45, 2.75) is 13.8 Å². The maximum absolute atomic E-state index is 12.2. The fourth-order valence-corrected chi connectivity index (χ4v) is 2.57. The van der Waals surface area contributed by atoms with Gasteiger partial charge in [0.05, 0.1) is 12.1 Å². The van der Waals surface area contributed by atoms with Gasteiger partial charge >= 0.3 is 0 Å². The first-order valence-electron chi connectivity index (χ1n) is 7.56. The van der Waals surface area contributed by atoms with Crippen LogP contribution in [0.25, 0.3) is 10.9 Å². The summed E-state index contributed by atoms with van der Waals surface area (Å²) in [5, 5.41) is 10.6. The summed E-state index contributed by atoms with van der Waals surface area (Å²) >= 11 is 0. The van der Waals surface area contributed by atoms with Crippen LogP contribution in [0, 0.1) is 13.8 Å². The summed E-state index contributed by atoms with van der Waals surface area (Å²) in [6.45, 7) is 4.90. The van der Waals surface area contributed by atoms with E-state index in [4.69, 9.17) is 4.74 Å². The number of rotatable bonds is 5. The fourth-order valence-electron chi connectivity index (χ4n) is 2.57. The second-order valence-electron chi connectivity index (χ2n) is 5.55. The number of fused-ring (bicyclic) bond motifs is 1. The molecule has 5 nitrogen and oxygen atoms in total. The van der Waals surface area contributed by atoms with E-state index in [0.29, 0.717) is 18.8 Å². The largest absolute Gasteiger partial charge is 0.492 e. The van der Waals surface area contributed by atoms with Crippen molar-refractivity contribution in [1.29, 1.82) is 0 Å². The van der Waals surface area contributed by atoms with Gasteiger partial charge in [0, 0.05) is 5.39 Å². The van der Waals surface area contributed by atoms with Crippen LogP contribution in [-0.2, 0) is 0 Å². The molecule has 1 aromatic heterocycles. The number of benzene rings is 2. The summed E-state index contributed by atoms with van der Waals surface area (Å²) in [5.74, 6) is 0.619. The van der Waals surface area contributed by atoms with Crippen molar-refractivity contribution in [3.63, 3.8) is 0 Å². The minimum absolute atomic E-state index is 0.202. The number of nitrogens with one attached hydrogen (secondary N) is 2. The van der Waals surface area contributed by atoms with Gasteiger partial charge in [0.25, 0.3) is 5.91 Å². The normalized spacial score (nSPS) is 10.7. The first kappa shape index (κ1) is 15.1. The fraction of sp³-hybridized carbons (Fsp3) is 0.222. The molecular weight excluding hydrogens is 290 g/mol. The number of ether oxygens (including phenoxy) is 1. The summed E-state index contributed by atoms with van der Waals surface area (Å²) in [4.78, 5) is 12.2. The van der Waals surface area contributed by atoms with Crippen LogP contribution in [0.4, 0.5) is 0 Å². The van der Waals surface area contributed by atoms with E-state index in [2.05, 4.69) is 21.6 Å². The predicted molar refractivity (Wildman–Crippen MR) is 89.8 cm³/mol. The molecule has 0 fully saturated rings. The molecule has 2 N–H and O–H groups in total. The van der Waals surface area contributed by atoms with Crippen LogP contribution in [0.1, 0.15) is 21.6 Å².